The molecule has 0 aliphatic heterocycles. The van der Waals surface area contributed by atoms with Crippen molar-refractivity contribution in [1.29, 1.82) is 0 Å². The second-order valence-corrected chi connectivity index (χ2v) is 7.01. The van der Waals surface area contributed by atoms with Gasteiger partial charge in [-0.05, 0) is 37.5 Å². The van der Waals surface area contributed by atoms with Crippen molar-refractivity contribution in [3.8, 4) is 5.69 Å². The van der Waals surface area contributed by atoms with Crippen molar-refractivity contribution < 1.29 is 5.11 Å². The molecule has 3 atom stereocenters. The van der Waals surface area contributed by atoms with E-state index in [9.17, 15) is 5.11 Å². The van der Waals surface area contributed by atoms with Gasteiger partial charge in [-0.3, -0.25) is 4.99 Å². The van der Waals surface area contributed by atoms with Crippen molar-refractivity contribution in [2.24, 2.45) is 16.6 Å². The zero-order valence-corrected chi connectivity index (χ0v) is 15.5. The largest absolute Gasteiger partial charge is 0.398 e. The number of benzene rings is 1. The van der Waals surface area contributed by atoms with E-state index < -0.39 is 6.23 Å². The molecule has 0 spiro atoms. The lowest BCUT2D eigenvalue weighted by molar-refractivity contribution is 0.117. The van der Waals surface area contributed by atoms with Gasteiger partial charge in [-0.1, -0.05) is 5.21 Å². The summed E-state index contributed by atoms with van der Waals surface area (Å²) >= 11 is 0. The molecular weight excluding hydrogens is 358 g/mol. The van der Waals surface area contributed by atoms with Crippen LogP contribution in [0, 0.1) is 5.92 Å². The summed E-state index contributed by atoms with van der Waals surface area (Å²) in [4.78, 5) is 13.0. The van der Waals surface area contributed by atoms with Crippen LogP contribution >= 0.6 is 0 Å². The van der Waals surface area contributed by atoms with Crippen LogP contribution in [0.3, 0.4) is 0 Å². The second-order valence-electron chi connectivity index (χ2n) is 7.01. The van der Waals surface area contributed by atoms with Crippen LogP contribution in [-0.4, -0.2) is 55.6 Å². The molecule has 0 amide bonds. The smallest absolute Gasteiger partial charge is 0.225 e. The molecule has 1 unspecified atom stereocenters. The van der Waals surface area contributed by atoms with E-state index in [1.54, 1.807) is 30.2 Å². The van der Waals surface area contributed by atoms with Gasteiger partial charge in [0.1, 0.15) is 6.23 Å². The number of anilines is 2. The molecule has 0 bridgehead atoms. The zero-order chi connectivity index (χ0) is 19.7. The number of aromatic nitrogens is 5. The molecule has 1 aliphatic rings. The van der Waals surface area contributed by atoms with Crippen LogP contribution in [-0.2, 0) is 0 Å². The number of hydrogen-bond acceptors (Lipinski definition) is 9. The third-order valence-corrected chi connectivity index (χ3v) is 5.07. The van der Waals surface area contributed by atoms with Crippen LogP contribution in [0.5, 0.6) is 0 Å². The Bertz CT molecular complexity index is 1010. The van der Waals surface area contributed by atoms with Crippen LogP contribution in [0.2, 0.25) is 0 Å². The summed E-state index contributed by atoms with van der Waals surface area (Å²) in [6, 6.07) is 5.72. The van der Waals surface area contributed by atoms with E-state index >= 15 is 0 Å². The lowest BCUT2D eigenvalue weighted by atomic mass is 10.1. The quantitative estimate of drug-likeness (QED) is 0.286. The number of nitrogen functional groups attached to an aromatic ring is 1. The first-order valence-electron chi connectivity index (χ1n) is 9.16. The predicted molar refractivity (Wildman–Crippen MR) is 107 cm³/mol. The van der Waals surface area contributed by atoms with E-state index in [1.807, 2.05) is 12.1 Å². The molecule has 2 heterocycles. The maximum absolute atomic E-state index is 9.57. The van der Waals surface area contributed by atoms with E-state index in [1.165, 1.54) is 0 Å². The Hall–Kier alpha value is -3.11. The molecule has 1 saturated carbocycles. The number of fused-ring (bicyclic) bond motifs is 1. The van der Waals surface area contributed by atoms with Gasteiger partial charge in [-0.15, -0.1) is 5.10 Å². The van der Waals surface area contributed by atoms with Crippen LogP contribution in [0.15, 0.2) is 29.4 Å². The molecule has 1 aliphatic carbocycles. The van der Waals surface area contributed by atoms with Gasteiger partial charge in [0.15, 0.2) is 11.2 Å². The normalized spacial score (nSPS) is 20.8. The van der Waals surface area contributed by atoms with Gasteiger partial charge in [0, 0.05) is 36.5 Å². The summed E-state index contributed by atoms with van der Waals surface area (Å²) in [6.45, 7) is 0. The first kappa shape index (κ1) is 18.3. The average Bonchev–Trinajstić information content (AvgIpc) is 3.31. The monoisotopic (exact) mass is 381 g/mol. The third-order valence-electron chi connectivity index (χ3n) is 5.07. The minimum Gasteiger partial charge on any atom is -0.398 e. The van der Waals surface area contributed by atoms with Gasteiger partial charge >= 0.3 is 0 Å². The van der Waals surface area contributed by atoms with Crippen molar-refractivity contribution in [3.05, 3.63) is 30.0 Å². The summed E-state index contributed by atoms with van der Waals surface area (Å²) in [5, 5.41) is 21.3. The number of aliphatic hydroxyl groups excluding tert-OH is 1. The topological polar surface area (TPSA) is 153 Å². The molecule has 3 aromatic rings. The first-order chi connectivity index (χ1) is 13.5. The molecule has 1 fully saturated rings. The fourth-order valence-electron chi connectivity index (χ4n) is 3.56. The molecule has 10 nitrogen and oxygen atoms in total. The summed E-state index contributed by atoms with van der Waals surface area (Å²) in [5.41, 5.74) is 15.0. The summed E-state index contributed by atoms with van der Waals surface area (Å²) in [7, 11) is 1.69. The van der Waals surface area contributed by atoms with Gasteiger partial charge in [0.2, 0.25) is 5.95 Å². The van der Waals surface area contributed by atoms with Crippen molar-refractivity contribution in [2.75, 3.05) is 18.1 Å². The summed E-state index contributed by atoms with van der Waals surface area (Å²) in [6.07, 6.45) is 5.13. The highest BCUT2D eigenvalue weighted by atomic mass is 16.3. The van der Waals surface area contributed by atoms with E-state index in [-0.39, 0.29) is 12.0 Å². The molecule has 6 N–H and O–H groups in total. The molecule has 28 heavy (non-hydrogen) atoms. The van der Waals surface area contributed by atoms with E-state index in [2.05, 4.69) is 30.6 Å². The number of rotatable bonds is 5. The molecule has 4 rings (SSSR count). The first-order valence-corrected chi connectivity index (χ1v) is 9.16. The van der Waals surface area contributed by atoms with Gasteiger partial charge in [-0.2, -0.15) is 9.67 Å². The number of aliphatic hydroxyl groups is 1. The van der Waals surface area contributed by atoms with Crippen LogP contribution < -0.4 is 16.8 Å². The third kappa shape index (κ3) is 3.51. The maximum Gasteiger partial charge on any atom is 0.225 e. The highest BCUT2D eigenvalue weighted by Gasteiger charge is 2.28. The fraction of sp³-hybridized carbons (Fsp3) is 0.389. The number of aliphatic imine (C=N–C) groups is 1. The van der Waals surface area contributed by atoms with Crippen molar-refractivity contribution >= 4 is 29.0 Å². The van der Waals surface area contributed by atoms with Gasteiger partial charge in [-0.25, -0.2) is 4.98 Å². The van der Waals surface area contributed by atoms with Gasteiger partial charge in [0.25, 0.3) is 0 Å². The molecule has 0 radical (unpaired) electrons. The average molecular weight is 381 g/mol. The highest BCUT2D eigenvalue weighted by molar-refractivity contribution is 5.88. The molecule has 0 saturated heterocycles. The Morgan fingerprint density at radius 2 is 2.25 bits per heavy atom. The number of nitrogens with two attached hydrogens (primary N) is 2. The predicted octanol–water partition coefficient (Wildman–Crippen LogP) is 0.699. The van der Waals surface area contributed by atoms with Gasteiger partial charge < -0.3 is 21.9 Å². The van der Waals surface area contributed by atoms with Crippen LogP contribution in [0.25, 0.3) is 16.9 Å². The molecular formula is C18H23N9O. The van der Waals surface area contributed by atoms with Crippen molar-refractivity contribution in [3.63, 3.8) is 0 Å². The van der Waals surface area contributed by atoms with E-state index in [0.29, 0.717) is 22.8 Å². The minimum atomic E-state index is -0.785. The number of nitrogens with one attached hydrogen (secondary N) is 1. The van der Waals surface area contributed by atoms with Gasteiger partial charge in [0.05, 0.1) is 11.9 Å². The zero-order valence-electron chi connectivity index (χ0n) is 15.5. The van der Waals surface area contributed by atoms with E-state index in [0.717, 1.165) is 30.5 Å². The molecule has 10 heteroatoms. The minimum absolute atomic E-state index is 0.0989. The number of hydrogen-bond donors (Lipinski definition) is 4. The SMILES string of the molecule is CN=Cc1cc(-n2nnc3cnc(N[C@@H]4CC[C@@H](C(N)O)C4)nc32)ccc1N. The lowest BCUT2D eigenvalue weighted by Crippen LogP contribution is -2.29. The highest BCUT2D eigenvalue weighted by Crippen LogP contribution is 2.29. The van der Waals surface area contributed by atoms with E-state index in [4.69, 9.17) is 11.5 Å². The molecule has 2 aromatic heterocycles. The molecule has 146 valence electrons. The Morgan fingerprint density at radius 1 is 1.39 bits per heavy atom. The summed E-state index contributed by atoms with van der Waals surface area (Å²) in [5.74, 6) is 0.598. The Morgan fingerprint density at radius 3 is 3.00 bits per heavy atom. The maximum atomic E-state index is 9.57. The molecule has 1 aromatic carbocycles. The Balaban J connectivity index is 1.63. The standard InChI is InChI=1S/C18H23N9O/c1-21-8-11-7-13(4-5-14(11)19)27-17-15(25-26-27)9-22-18(24-17)23-12-3-2-10(6-12)16(20)28/h4-5,7-10,12,16,28H,2-3,6,19-20H2,1H3,(H,22,23,24)/t10-,12-,16?/m1/s1. The summed E-state index contributed by atoms with van der Waals surface area (Å²) < 4.78 is 1.65. The van der Waals surface area contributed by atoms with Crippen LogP contribution in [0.1, 0.15) is 24.8 Å². The Labute approximate surface area is 161 Å². The lowest BCUT2D eigenvalue weighted by Gasteiger charge is -2.15. The number of nitrogens with zero attached hydrogens (tertiary/aromatic N) is 6. The Kier molecular flexibility index (Phi) is 4.88. The fourth-order valence-corrected chi connectivity index (χ4v) is 3.56. The van der Waals surface area contributed by atoms with Crippen molar-refractivity contribution in [1.82, 2.24) is 25.0 Å². The van der Waals surface area contributed by atoms with Crippen molar-refractivity contribution in [2.45, 2.75) is 31.5 Å². The van der Waals surface area contributed by atoms with Crippen LogP contribution in [0.4, 0.5) is 11.6 Å². The second kappa shape index (κ2) is 7.49.